The van der Waals surface area contributed by atoms with Crippen molar-refractivity contribution >= 4 is 11.9 Å². The van der Waals surface area contributed by atoms with Crippen molar-refractivity contribution in [3.8, 4) is 0 Å². The van der Waals surface area contributed by atoms with Crippen molar-refractivity contribution in [2.45, 2.75) is 51.2 Å². The number of halogens is 2. The van der Waals surface area contributed by atoms with Crippen LogP contribution in [0.1, 0.15) is 48.5 Å². The number of hydrogen-bond acceptors (Lipinski definition) is 4. The molecule has 9 heteroatoms. The maximum atomic E-state index is 13.4. The summed E-state index contributed by atoms with van der Waals surface area (Å²) in [6, 6.07) is 2.38. The molecule has 1 saturated carbocycles. The third-order valence-corrected chi connectivity index (χ3v) is 5.56. The highest BCUT2D eigenvalue weighted by Gasteiger charge is 2.36. The number of aryl methyl sites for hydroxylation is 1. The third-order valence-electron chi connectivity index (χ3n) is 5.56. The maximum absolute atomic E-state index is 13.4. The largest absolute Gasteiger partial charge is 0.481 e. The molecule has 7 nitrogen and oxygen atoms in total. The van der Waals surface area contributed by atoms with Crippen molar-refractivity contribution in [3.05, 3.63) is 46.8 Å². The summed E-state index contributed by atoms with van der Waals surface area (Å²) in [6.07, 6.45) is 4.18. The summed E-state index contributed by atoms with van der Waals surface area (Å²) in [6.45, 7) is 0.602. The number of carboxylic acid groups (broad SMARTS) is 1. The third kappa shape index (κ3) is 3.61. The van der Waals surface area contributed by atoms with Gasteiger partial charge in [0.25, 0.3) is 0 Å². The minimum Gasteiger partial charge on any atom is -0.481 e. The van der Waals surface area contributed by atoms with E-state index in [0.29, 0.717) is 49.2 Å². The standard InChI is InChI=1S/C19H20F2N4O3/c20-16-6-12-8-24(9-13(12)7-17(16)21)19(28)11-1-3-15(5-11)25-10-14(22-23-25)2-4-18(26)27/h6-7,10-11,15H,1-5,8-9H2,(H,26,27). The molecular weight excluding hydrogens is 370 g/mol. The average Bonchev–Trinajstić information content (AvgIpc) is 3.38. The molecule has 0 saturated heterocycles. The summed E-state index contributed by atoms with van der Waals surface area (Å²) >= 11 is 0. The van der Waals surface area contributed by atoms with E-state index in [1.807, 2.05) is 0 Å². The van der Waals surface area contributed by atoms with Crippen LogP contribution >= 0.6 is 0 Å². The number of aliphatic carboxylic acids is 1. The molecule has 1 N–H and O–H groups in total. The summed E-state index contributed by atoms with van der Waals surface area (Å²) in [7, 11) is 0. The lowest BCUT2D eigenvalue weighted by Crippen LogP contribution is -2.31. The Morgan fingerprint density at radius 3 is 2.46 bits per heavy atom. The van der Waals surface area contributed by atoms with Crippen LogP contribution in [0.15, 0.2) is 18.3 Å². The number of rotatable bonds is 5. The number of amides is 1. The Morgan fingerprint density at radius 1 is 1.14 bits per heavy atom. The van der Waals surface area contributed by atoms with E-state index >= 15 is 0 Å². The highest BCUT2D eigenvalue weighted by atomic mass is 19.2. The van der Waals surface area contributed by atoms with Gasteiger partial charge in [-0.15, -0.1) is 5.10 Å². The molecule has 2 atom stereocenters. The zero-order chi connectivity index (χ0) is 19.8. The van der Waals surface area contributed by atoms with Gasteiger partial charge in [-0.3, -0.25) is 9.59 Å². The zero-order valence-electron chi connectivity index (χ0n) is 15.1. The summed E-state index contributed by atoms with van der Waals surface area (Å²) in [4.78, 5) is 25.2. The number of fused-ring (bicyclic) bond motifs is 1. The van der Waals surface area contributed by atoms with Crippen LogP contribution < -0.4 is 0 Å². The van der Waals surface area contributed by atoms with Gasteiger partial charge in [-0.25, -0.2) is 13.5 Å². The monoisotopic (exact) mass is 390 g/mol. The fraction of sp³-hybridized carbons (Fsp3) is 0.474. The Balaban J connectivity index is 1.37. The van der Waals surface area contributed by atoms with Gasteiger partial charge in [-0.1, -0.05) is 5.21 Å². The molecule has 4 rings (SSSR count). The second-order valence-corrected chi connectivity index (χ2v) is 7.48. The molecule has 0 spiro atoms. The molecule has 2 aliphatic rings. The molecule has 1 fully saturated rings. The molecule has 1 aliphatic carbocycles. The second kappa shape index (κ2) is 7.29. The Labute approximate surface area is 159 Å². The van der Waals surface area contributed by atoms with Crippen LogP contribution in [0, 0.1) is 17.6 Å². The molecule has 28 heavy (non-hydrogen) atoms. The van der Waals surface area contributed by atoms with Crippen LogP contribution in [0.25, 0.3) is 0 Å². The molecule has 1 aromatic heterocycles. The molecule has 2 unspecified atom stereocenters. The average molecular weight is 390 g/mol. The van der Waals surface area contributed by atoms with Gasteiger partial charge >= 0.3 is 5.97 Å². The van der Waals surface area contributed by atoms with Crippen LogP contribution in [0.5, 0.6) is 0 Å². The van der Waals surface area contributed by atoms with E-state index in [1.54, 1.807) is 15.8 Å². The molecular formula is C19H20F2N4O3. The highest BCUT2D eigenvalue weighted by molar-refractivity contribution is 5.80. The zero-order valence-corrected chi connectivity index (χ0v) is 15.1. The fourth-order valence-electron chi connectivity index (χ4n) is 4.07. The van der Waals surface area contributed by atoms with Gasteiger partial charge in [0.05, 0.1) is 18.2 Å². The van der Waals surface area contributed by atoms with Gasteiger partial charge in [0, 0.05) is 31.6 Å². The smallest absolute Gasteiger partial charge is 0.303 e. The van der Waals surface area contributed by atoms with E-state index < -0.39 is 17.6 Å². The molecule has 148 valence electrons. The summed E-state index contributed by atoms with van der Waals surface area (Å²) in [5, 5.41) is 16.8. The predicted molar refractivity (Wildman–Crippen MR) is 93.0 cm³/mol. The first-order valence-electron chi connectivity index (χ1n) is 9.29. The number of carboxylic acids is 1. The number of carbonyl (C=O) groups excluding carboxylic acids is 1. The number of hydrogen-bond donors (Lipinski definition) is 1. The lowest BCUT2D eigenvalue weighted by atomic mass is 10.1. The first kappa shape index (κ1) is 18.5. The van der Waals surface area contributed by atoms with Crippen molar-refractivity contribution in [2.24, 2.45) is 5.92 Å². The lowest BCUT2D eigenvalue weighted by molar-refractivity contribution is -0.137. The molecule has 2 aromatic rings. The van der Waals surface area contributed by atoms with Crippen molar-refractivity contribution in [3.63, 3.8) is 0 Å². The summed E-state index contributed by atoms with van der Waals surface area (Å²) < 4.78 is 28.5. The Hall–Kier alpha value is -2.84. The lowest BCUT2D eigenvalue weighted by Gasteiger charge is -2.20. The number of aromatic nitrogens is 3. The SMILES string of the molecule is O=C(O)CCc1cn(C2CCC(C(=O)N3Cc4cc(F)c(F)cc4C3)C2)nn1. The normalized spacial score (nSPS) is 21.1. The van der Waals surface area contributed by atoms with Crippen LogP contribution in [0.4, 0.5) is 8.78 Å². The van der Waals surface area contributed by atoms with Gasteiger partial charge in [0.15, 0.2) is 11.6 Å². The molecule has 0 bridgehead atoms. The van der Waals surface area contributed by atoms with E-state index in [0.717, 1.165) is 6.42 Å². The topological polar surface area (TPSA) is 88.3 Å². The van der Waals surface area contributed by atoms with Crippen molar-refractivity contribution in [1.29, 1.82) is 0 Å². The van der Waals surface area contributed by atoms with Gasteiger partial charge < -0.3 is 10.0 Å². The van der Waals surface area contributed by atoms with E-state index in [2.05, 4.69) is 10.3 Å². The molecule has 2 heterocycles. The van der Waals surface area contributed by atoms with Gasteiger partial charge in [-0.05, 0) is 42.5 Å². The van der Waals surface area contributed by atoms with Crippen LogP contribution in [-0.4, -0.2) is 36.9 Å². The Kier molecular flexibility index (Phi) is 4.82. The van der Waals surface area contributed by atoms with E-state index in [1.165, 1.54) is 12.1 Å². The number of carbonyl (C=O) groups is 2. The maximum Gasteiger partial charge on any atom is 0.303 e. The highest BCUT2D eigenvalue weighted by Crippen LogP contribution is 2.37. The van der Waals surface area contributed by atoms with E-state index in [9.17, 15) is 18.4 Å². The van der Waals surface area contributed by atoms with Gasteiger partial charge in [-0.2, -0.15) is 0 Å². The van der Waals surface area contributed by atoms with Crippen LogP contribution in [0.3, 0.4) is 0 Å². The molecule has 1 aromatic carbocycles. The minimum absolute atomic E-state index is 0.00117. The quantitative estimate of drug-likeness (QED) is 0.847. The minimum atomic E-state index is -0.890. The fourth-order valence-corrected chi connectivity index (χ4v) is 4.07. The van der Waals surface area contributed by atoms with Gasteiger partial charge in [0.2, 0.25) is 5.91 Å². The molecule has 1 aliphatic heterocycles. The molecule has 0 radical (unpaired) electrons. The van der Waals surface area contributed by atoms with Crippen molar-refractivity contribution < 1.29 is 23.5 Å². The van der Waals surface area contributed by atoms with E-state index in [-0.39, 0.29) is 24.3 Å². The first-order chi connectivity index (χ1) is 13.4. The second-order valence-electron chi connectivity index (χ2n) is 7.48. The first-order valence-corrected chi connectivity index (χ1v) is 9.29. The predicted octanol–water partition coefficient (Wildman–Crippen LogP) is 2.46. The Morgan fingerprint density at radius 2 is 1.82 bits per heavy atom. The van der Waals surface area contributed by atoms with Crippen molar-refractivity contribution in [2.75, 3.05) is 0 Å². The van der Waals surface area contributed by atoms with Gasteiger partial charge in [0.1, 0.15) is 0 Å². The number of benzene rings is 1. The van der Waals surface area contributed by atoms with Crippen LogP contribution in [-0.2, 0) is 29.1 Å². The van der Waals surface area contributed by atoms with Crippen LogP contribution in [0.2, 0.25) is 0 Å². The number of nitrogens with zero attached hydrogens (tertiary/aromatic N) is 4. The summed E-state index contributed by atoms with van der Waals surface area (Å²) in [5.41, 5.74) is 1.93. The summed E-state index contributed by atoms with van der Waals surface area (Å²) in [5.74, 6) is -2.84. The molecule has 1 amide bonds. The Bertz CT molecular complexity index is 899. The van der Waals surface area contributed by atoms with Crippen molar-refractivity contribution in [1.82, 2.24) is 19.9 Å². The van der Waals surface area contributed by atoms with E-state index in [4.69, 9.17) is 5.11 Å².